The molecule has 0 saturated carbocycles. The maximum absolute atomic E-state index is 12.2. The van der Waals surface area contributed by atoms with Crippen LogP contribution in [0.3, 0.4) is 0 Å². The average Bonchev–Trinajstić information content (AvgIpc) is 2.80. The van der Waals surface area contributed by atoms with Crippen LogP contribution in [0.4, 0.5) is 0 Å². The number of carbonyl (C=O) groups is 1. The minimum atomic E-state index is -3.66. The van der Waals surface area contributed by atoms with Crippen molar-refractivity contribution in [2.75, 3.05) is 0 Å². The number of carboxylic acid groups (broad SMARTS) is 1. The highest BCUT2D eigenvalue weighted by Crippen LogP contribution is 2.24. The Bertz CT molecular complexity index is 639. The Morgan fingerprint density at radius 2 is 2.16 bits per heavy atom. The molecule has 1 aromatic rings. The van der Waals surface area contributed by atoms with E-state index in [0.29, 0.717) is 0 Å². The van der Waals surface area contributed by atoms with Crippen LogP contribution in [0, 0.1) is 0 Å². The quantitative estimate of drug-likeness (QED) is 0.819. The van der Waals surface area contributed by atoms with Crippen LogP contribution in [-0.2, 0) is 10.0 Å². The van der Waals surface area contributed by atoms with Crippen molar-refractivity contribution >= 4 is 31.9 Å². The van der Waals surface area contributed by atoms with Gasteiger partial charge < -0.3 is 5.11 Å². The van der Waals surface area contributed by atoms with E-state index in [4.69, 9.17) is 5.11 Å². The topological polar surface area (TPSA) is 83.5 Å². The first-order valence-corrected chi connectivity index (χ1v) is 7.89. The number of halogens is 1. The molecule has 2 N–H and O–H groups in total. The molecule has 0 aromatic heterocycles. The molecule has 1 aliphatic carbocycles. The van der Waals surface area contributed by atoms with Crippen LogP contribution in [0.25, 0.3) is 0 Å². The molecule has 2 rings (SSSR count). The number of rotatable bonds is 4. The van der Waals surface area contributed by atoms with Crippen LogP contribution in [0.1, 0.15) is 23.2 Å². The Labute approximate surface area is 119 Å². The summed E-state index contributed by atoms with van der Waals surface area (Å²) in [5.74, 6) is -1.10. The molecule has 1 unspecified atom stereocenters. The second kappa shape index (κ2) is 5.44. The summed E-state index contributed by atoms with van der Waals surface area (Å²) < 4.78 is 27.1. The van der Waals surface area contributed by atoms with Gasteiger partial charge in [0.15, 0.2) is 0 Å². The van der Waals surface area contributed by atoms with E-state index in [2.05, 4.69) is 20.7 Å². The predicted octanol–water partition coefficient (Wildman–Crippen LogP) is 2.14. The third kappa shape index (κ3) is 3.23. The van der Waals surface area contributed by atoms with Crippen molar-refractivity contribution in [3.05, 3.63) is 40.4 Å². The average molecular weight is 346 g/mol. The number of hydrogen-bond acceptors (Lipinski definition) is 3. The lowest BCUT2D eigenvalue weighted by Crippen LogP contribution is -2.32. The smallest absolute Gasteiger partial charge is 0.335 e. The monoisotopic (exact) mass is 345 g/mol. The molecule has 102 valence electrons. The highest BCUT2D eigenvalue weighted by Gasteiger charge is 2.22. The molecule has 7 heteroatoms. The van der Waals surface area contributed by atoms with Crippen molar-refractivity contribution in [2.24, 2.45) is 0 Å². The fourth-order valence-corrected chi connectivity index (χ4v) is 4.15. The molecule has 0 heterocycles. The fraction of sp³-hybridized carbons (Fsp3) is 0.250. The number of nitrogens with one attached hydrogen (secondary N) is 1. The van der Waals surface area contributed by atoms with Gasteiger partial charge in [-0.3, -0.25) is 0 Å². The molecule has 0 radical (unpaired) electrons. The Morgan fingerprint density at radius 1 is 1.42 bits per heavy atom. The minimum absolute atomic E-state index is 0.0339. The summed E-state index contributed by atoms with van der Waals surface area (Å²) in [6.07, 6.45) is 5.34. The highest BCUT2D eigenvalue weighted by atomic mass is 79.9. The molecule has 1 aromatic carbocycles. The number of hydrogen-bond donors (Lipinski definition) is 2. The van der Waals surface area contributed by atoms with E-state index in [0.717, 1.165) is 12.8 Å². The second-order valence-electron chi connectivity index (χ2n) is 4.18. The molecule has 0 saturated heterocycles. The van der Waals surface area contributed by atoms with Crippen molar-refractivity contribution in [3.63, 3.8) is 0 Å². The maximum Gasteiger partial charge on any atom is 0.335 e. The summed E-state index contributed by atoms with van der Waals surface area (Å²) in [4.78, 5) is 10.8. The van der Waals surface area contributed by atoms with Gasteiger partial charge in [-0.25, -0.2) is 17.9 Å². The third-order valence-corrected chi connectivity index (χ3v) is 5.25. The summed E-state index contributed by atoms with van der Waals surface area (Å²) in [7, 11) is -3.66. The van der Waals surface area contributed by atoms with Crippen molar-refractivity contribution < 1.29 is 18.3 Å². The van der Waals surface area contributed by atoms with Crippen molar-refractivity contribution in [1.29, 1.82) is 0 Å². The Hall–Kier alpha value is -1.18. The van der Waals surface area contributed by atoms with Crippen LogP contribution < -0.4 is 4.72 Å². The van der Waals surface area contributed by atoms with Gasteiger partial charge in [0.05, 0.1) is 10.5 Å². The van der Waals surface area contributed by atoms with Crippen LogP contribution >= 0.6 is 15.9 Å². The summed E-state index contributed by atoms with van der Waals surface area (Å²) in [5, 5.41) is 8.84. The van der Waals surface area contributed by atoms with Crippen molar-refractivity contribution in [3.8, 4) is 0 Å². The molecule has 0 fully saturated rings. The zero-order valence-electron chi connectivity index (χ0n) is 9.84. The van der Waals surface area contributed by atoms with E-state index < -0.39 is 16.0 Å². The van der Waals surface area contributed by atoms with E-state index in [1.807, 2.05) is 12.2 Å². The molecule has 0 aliphatic heterocycles. The lowest BCUT2D eigenvalue weighted by atomic mass is 10.2. The Morgan fingerprint density at radius 3 is 2.68 bits per heavy atom. The SMILES string of the molecule is O=C(O)c1ccc(S(=O)(=O)NC2C=CCC2)c(Br)c1. The number of benzene rings is 1. The van der Waals surface area contributed by atoms with Gasteiger partial charge in [-0.1, -0.05) is 12.2 Å². The van der Waals surface area contributed by atoms with E-state index in [1.54, 1.807) is 0 Å². The Balaban J connectivity index is 2.29. The number of aromatic carboxylic acids is 1. The number of allylic oxidation sites excluding steroid dienone is 1. The van der Waals surface area contributed by atoms with E-state index in [9.17, 15) is 13.2 Å². The summed E-state index contributed by atoms with van der Waals surface area (Å²) in [5.41, 5.74) is 0.0339. The summed E-state index contributed by atoms with van der Waals surface area (Å²) >= 11 is 3.10. The molecule has 1 atom stereocenters. The van der Waals surface area contributed by atoms with Crippen LogP contribution in [0.2, 0.25) is 0 Å². The standard InChI is InChI=1S/C12H12BrNO4S/c13-10-7-8(12(15)16)5-6-11(10)19(17,18)14-9-3-1-2-4-9/h1,3,5-7,9,14H,2,4H2,(H,15,16). The fourth-order valence-electron chi connectivity index (χ4n) is 1.85. The van der Waals surface area contributed by atoms with Gasteiger partial charge in [0.2, 0.25) is 10.0 Å². The van der Waals surface area contributed by atoms with Gasteiger partial charge in [-0.15, -0.1) is 0 Å². The number of sulfonamides is 1. The van der Waals surface area contributed by atoms with Crippen molar-refractivity contribution in [1.82, 2.24) is 4.72 Å². The molecule has 5 nitrogen and oxygen atoms in total. The zero-order chi connectivity index (χ0) is 14.0. The van der Waals surface area contributed by atoms with Gasteiger partial charge in [-0.05, 0) is 47.0 Å². The van der Waals surface area contributed by atoms with Gasteiger partial charge in [0.1, 0.15) is 0 Å². The molecule has 0 spiro atoms. The first-order valence-electron chi connectivity index (χ1n) is 5.62. The van der Waals surface area contributed by atoms with Gasteiger partial charge >= 0.3 is 5.97 Å². The van der Waals surface area contributed by atoms with Crippen LogP contribution in [0.15, 0.2) is 39.7 Å². The second-order valence-corrected chi connectivity index (χ2v) is 6.72. The first-order chi connectivity index (χ1) is 8.90. The lowest BCUT2D eigenvalue weighted by molar-refractivity contribution is 0.0696. The van der Waals surface area contributed by atoms with Crippen LogP contribution in [-0.4, -0.2) is 25.5 Å². The van der Waals surface area contributed by atoms with E-state index in [1.165, 1.54) is 18.2 Å². The van der Waals surface area contributed by atoms with Gasteiger partial charge in [-0.2, -0.15) is 0 Å². The molecule has 19 heavy (non-hydrogen) atoms. The molecule has 0 amide bonds. The molecule has 0 bridgehead atoms. The normalized spacial score (nSPS) is 18.7. The zero-order valence-corrected chi connectivity index (χ0v) is 12.2. The van der Waals surface area contributed by atoms with E-state index in [-0.39, 0.29) is 21.0 Å². The van der Waals surface area contributed by atoms with Crippen molar-refractivity contribution in [2.45, 2.75) is 23.8 Å². The van der Waals surface area contributed by atoms with Crippen LogP contribution in [0.5, 0.6) is 0 Å². The predicted molar refractivity (Wildman–Crippen MR) is 73.6 cm³/mol. The molecular formula is C12H12BrNO4S. The highest BCUT2D eigenvalue weighted by molar-refractivity contribution is 9.10. The first kappa shape index (κ1) is 14.2. The van der Waals surface area contributed by atoms with Gasteiger partial charge in [0.25, 0.3) is 0 Å². The minimum Gasteiger partial charge on any atom is -0.478 e. The number of carboxylic acids is 1. The van der Waals surface area contributed by atoms with Gasteiger partial charge in [0, 0.05) is 10.5 Å². The Kier molecular flexibility index (Phi) is 4.07. The molecular weight excluding hydrogens is 334 g/mol. The summed E-state index contributed by atoms with van der Waals surface area (Å²) in [6.45, 7) is 0. The maximum atomic E-state index is 12.2. The van der Waals surface area contributed by atoms with E-state index >= 15 is 0 Å². The lowest BCUT2D eigenvalue weighted by Gasteiger charge is -2.12. The molecule has 1 aliphatic rings. The summed E-state index contributed by atoms with van der Waals surface area (Å²) in [6, 6.07) is 3.64. The largest absolute Gasteiger partial charge is 0.478 e. The third-order valence-electron chi connectivity index (χ3n) is 2.79.